The molecule has 1 unspecified atom stereocenters. The van der Waals surface area contributed by atoms with E-state index in [2.05, 4.69) is 34.0 Å². The molecule has 25 heavy (non-hydrogen) atoms. The molecule has 140 valence electrons. The van der Waals surface area contributed by atoms with Crippen LogP contribution in [0.5, 0.6) is 0 Å². The first kappa shape index (κ1) is 18.4. The third-order valence-corrected chi connectivity index (χ3v) is 5.98. The number of nitrogens with zero attached hydrogens (tertiary/aromatic N) is 4. The molecule has 1 aromatic rings. The highest BCUT2D eigenvalue weighted by Crippen LogP contribution is 2.43. The molecule has 0 saturated carbocycles. The van der Waals surface area contributed by atoms with Crippen LogP contribution < -0.4 is 0 Å². The van der Waals surface area contributed by atoms with Crippen molar-refractivity contribution >= 4 is 5.91 Å². The second-order valence-electron chi connectivity index (χ2n) is 8.23. The van der Waals surface area contributed by atoms with Crippen molar-refractivity contribution in [2.75, 3.05) is 40.3 Å². The van der Waals surface area contributed by atoms with E-state index in [1.165, 1.54) is 12.8 Å². The van der Waals surface area contributed by atoms with E-state index in [-0.39, 0.29) is 11.9 Å². The van der Waals surface area contributed by atoms with Crippen LogP contribution in [0.1, 0.15) is 44.0 Å². The topological polar surface area (TPSA) is 55.5 Å². The Hall–Kier alpha value is -1.40. The highest BCUT2D eigenvalue weighted by Gasteiger charge is 2.47. The van der Waals surface area contributed by atoms with E-state index in [1.807, 2.05) is 24.9 Å². The van der Waals surface area contributed by atoms with Crippen LogP contribution in [0, 0.1) is 12.3 Å². The third kappa shape index (κ3) is 4.06. The summed E-state index contributed by atoms with van der Waals surface area (Å²) >= 11 is 0. The molecule has 0 aliphatic carbocycles. The molecular weight excluding hydrogens is 314 g/mol. The van der Waals surface area contributed by atoms with Crippen LogP contribution in [0.25, 0.3) is 0 Å². The number of carbonyl (C=O) groups is 1. The summed E-state index contributed by atoms with van der Waals surface area (Å²) in [5.41, 5.74) is 2.31. The lowest BCUT2D eigenvalue weighted by molar-refractivity contribution is -0.135. The zero-order chi connectivity index (χ0) is 18.0. The van der Waals surface area contributed by atoms with Gasteiger partial charge in [-0.25, -0.2) is 0 Å². The van der Waals surface area contributed by atoms with Crippen LogP contribution in [0.4, 0.5) is 0 Å². The maximum atomic E-state index is 13.2. The average molecular weight is 348 g/mol. The number of carbonyl (C=O) groups excluding carboxylic acids is 1. The van der Waals surface area contributed by atoms with Gasteiger partial charge in [0.2, 0.25) is 5.91 Å². The molecule has 1 aromatic heterocycles. The Morgan fingerprint density at radius 3 is 2.76 bits per heavy atom. The first-order valence-electron chi connectivity index (χ1n) is 9.61. The van der Waals surface area contributed by atoms with Gasteiger partial charge in [0.15, 0.2) is 0 Å². The third-order valence-electron chi connectivity index (χ3n) is 5.98. The van der Waals surface area contributed by atoms with Crippen molar-refractivity contribution in [3.05, 3.63) is 17.5 Å². The highest BCUT2D eigenvalue weighted by atomic mass is 16.2. The first-order valence-corrected chi connectivity index (χ1v) is 9.61. The van der Waals surface area contributed by atoms with Gasteiger partial charge in [-0.3, -0.25) is 14.8 Å². The molecule has 0 aromatic carbocycles. The first-order chi connectivity index (χ1) is 11.9. The minimum Gasteiger partial charge on any atom is -0.338 e. The normalized spacial score (nSPS) is 24.1. The van der Waals surface area contributed by atoms with Crippen LogP contribution in [0.3, 0.4) is 0 Å². The van der Waals surface area contributed by atoms with Crippen molar-refractivity contribution in [1.29, 1.82) is 0 Å². The Bertz CT molecular complexity index is 590. The number of H-pyrrole nitrogens is 1. The predicted octanol–water partition coefficient (Wildman–Crippen LogP) is 1.87. The summed E-state index contributed by atoms with van der Waals surface area (Å²) < 4.78 is 0. The van der Waals surface area contributed by atoms with Crippen LogP contribution in [0.2, 0.25) is 0 Å². The zero-order valence-electron chi connectivity index (χ0n) is 16.2. The Kier molecular flexibility index (Phi) is 5.49. The van der Waals surface area contributed by atoms with Crippen molar-refractivity contribution in [2.24, 2.45) is 5.41 Å². The number of likely N-dealkylation sites (N-methyl/N-ethyl adjacent to an activating group) is 1. The maximum Gasteiger partial charge on any atom is 0.240 e. The summed E-state index contributed by atoms with van der Waals surface area (Å²) in [6, 6.07) is 2.05. The molecule has 3 rings (SSSR count). The average Bonchev–Trinajstić information content (AvgIpc) is 3.14. The van der Waals surface area contributed by atoms with E-state index < -0.39 is 0 Å². The van der Waals surface area contributed by atoms with Gasteiger partial charge in [0.05, 0.1) is 18.3 Å². The summed E-state index contributed by atoms with van der Waals surface area (Å²) in [6.45, 7) is 9.19. The van der Waals surface area contributed by atoms with Crippen LogP contribution in [0.15, 0.2) is 6.07 Å². The minimum absolute atomic E-state index is 0.0356. The molecule has 3 heterocycles. The van der Waals surface area contributed by atoms with Crippen LogP contribution in [-0.2, 0) is 11.3 Å². The number of rotatable bonds is 5. The number of nitrogens with one attached hydrogen (secondary N) is 1. The minimum atomic E-state index is 0.0356. The molecule has 2 aliphatic rings. The zero-order valence-corrected chi connectivity index (χ0v) is 16.2. The molecule has 1 spiro atoms. The van der Waals surface area contributed by atoms with Crippen molar-refractivity contribution in [3.63, 3.8) is 0 Å². The Morgan fingerprint density at radius 2 is 2.16 bits per heavy atom. The summed E-state index contributed by atoms with van der Waals surface area (Å²) in [7, 11) is 4.12. The van der Waals surface area contributed by atoms with Crippen molar-refractivity contribution in [3.8, 4) is 0 Å². The number of aromatic amines is 1. The molecule has 1 N–H and O–H groups in total. The Morgan fingerprint density at radius 1 is 1.44 bits per heavy atom. The van der Waals surface area contributed by atoms with Gasteiger partial charge in [0, 0.05) is 19.3 Å². The van der Waals surface area contributed by atoms with E-state index in [0.29, 0.717) is 12.0 Å². The number of aromatic nitrogens is 2. The van der Waals surface area contributed by atoms with E-state index in [0.717, 1.165) is 50.4 Å². The quantitative estimate of drug-likeness (QED) is 0.883. The molecule has 2 saturated heterocycles. The lowest BCUT2D eigenvalue weighted by atomic mass is 9.76. The van der Waals surface area contributed by atoms with E-state index in [4.69, 9.17) is 0 Å². The van der Waals surface area contributed by atoms with Gasteiger partial charge in [0.25, 0.3) is 0 Å². The lowest BCUT2D eigenvalue weighted by Gasteiger charge is -2.37. The van der Waals surface area contributed by atoms with E-state index in [1.54, 1.807) is 0 Å². The van der Waals surface area contributed by atoms with Gasteiger partial charge in [0.1, 0.15) is 0 Å². The molecule has 6 heteroatoms. The van der Waals surface area contributed by atoms with Gasteiger partial charge in [-0.05, 0) is 70.8 Å². The van der Waals surface area contributed by atoms with Gasteiger partial charge < -0.3 is 9.80 Å². The predicted molar refractivity (Wildman–Crippen MR) is 99.2 cm³/mol. The van der Waals surface area contributed by atoms with Crippen molar-refractivity contribution in [2.45, 2.75) is 52.1 Å². The number of likely N-dealkylation sites (tertiary alicyclic amines) is 2. The lowest BCUT2D eigenvalue weighted by Crippen LogP contribution is -2.44. The fraction of sp³-hybridized carbons (Fsp3) is 0.789. The van der Waals surface area contributed by atoms with Crippen molar-refractivity contribution < 1.29 is 4.79 Å². The molecule has 0 bridgehead atoms. The largest absolute Gasteiger partial charge is 0.338 e. The molecular formula is C19H33N5O. The standard InChI is InChI=1S/C19H33N5O/c1-5-8-24-14-19(6-9-22(3)10-7-19)12-17(24)18(25)23(4)13-16-11-15(2)20-21-16/h11,17H,5-10,12-14H2,1-4H3,(H,20,21). The molecule has 2 fully saturated rings. The summed E-state index contributed by atoms with van der Waals surface area (Å²) in [5, 5.41) is 7.23. The molecule has 1 atom stereocenters. The SMILES string of the molecule is CCCN1CC2(CCN(C)CC2)CC1C(=O)N(C)Cc1cc(C)[nH]n1. The second-order valence-corrected chi connectivity index (χ2v) is 8.23. The number of amides is 1. The van der Waals surface area contributed by atoms with Crippen LogP contribution >= 0.6 is 0 Å². The molecule has 6 nitrogen and oxygen atoms in total. The number of piperidine rings is 1. The summed E-state index contributed by atoms with van der Waals surface area (Å²) in [5.74, 6) is 0.255. The highest BCUT2D eigenvalue weighted by molar-refractivity contribution is 5.82. The van der Waals surface area contributed by atoms with Gasteiger partial charge in [-0.15, -0.1) is 0 Å². The maximum absolute atomic E-state index is 13.2. The second kappa shape index (κ2) is 7.46. The summed E-state index contributed by atoms with van der Waals surface area (Å²) in [6.07, 6.45) is 4.55. The van der Waals surface area contributed by atoms with Gasteiger partial charge in [-0.2, -0.15) is 5.10 Å². The summed E-state index contributed by atoms with van der Waals surface area (Å²) in [4.78, 5) is 19.9. The molecule has 1 amide bonds. The number of hydrogen-bond acceptors (Lipinski definition) is 4. The molecule has 0 radical (unpaired) electrons. The fourth-order valence-corrected chi connectivity index (χ4v) is 4.50. The van der Waals surface area contributed by atoms with E-state index in [9.17, 15) is 4.79 Å². The Balaban J connectivity index is 1.68. The number of hydrogen-bond donors (Lipinski definition) is 1. The smallest absolute Gasteiger partial charge is 0.240 e. The van der Waals surface area contributed by atoms with E-state index >= 15 is 0 Å². The monoisotopic (exact) mass is 347 g/mol. The van der Waals surface area contributed by atoms with Gasteiger partial charge >= 0.3 is 0 Å². The molecule has 2 aliphatic heterocycles. The Labute approximate surface area is 151 Å². The van der Waals surface area contributed by atoms with Crippen molar-refractivity contribution in [1.82, 2.24) is 24.9 Å². The fourth-order valence-electron chi connectivity index (χ4n) is 4.50. The van der Waals surface area contributed by atoms with Gasteiger partial charge in [-0.1, -0.05) is 6.92 Å². The number of aryl methyl sites for hydroxylation is 1. The van der Waals surface area contributed by atoms with Crippen LogP contribution in [-0.4, -0.2) is 77.1 Å².